The molecule has 0 radical (unpaired) electrons. The fraction of sp³-hybridized carbons (Fsp3) is 0.867. The molecule has 1 saturated heterocycles. The van der Waals surface area contributed by atoms with Crippen LogP contribution in [0.2, 0.25) is 0 Å². The van der Waals surface area contributed by atoms with Gasteiger partial charge in [0.05, 0.1) is 25.7 Å². The number of nitrogens with one attached hydrogen (secondary N) is 1. The van der Waals surface area contributed by atoms with Gasteiger partial charge in [0.25, 0.3) is 0 Å². The van der Waals surface area contributed by atoms with Crippen LogP contribution < -0.4 is 5.32 Å². The van der Waals surface area contributed by atoms with Crippen molar-refractivity contribution >= 4 is 11.9 Å². The second-order valence-corrected chi connectivity index (χ2v) is 6.02. The molecular formula is C15H28N2O4. The topological polar surface area (TPSA) is 78.9 Å². The summed E-state index contributed by atoms with van der Waals surface area (Å²) in [5.74, 6) is -0.143. The van der Waals surface area contributed by atoms with Crippen LogP contribution in [-0.4, -0.2) is 60.8 Å². The molecule has 0 bridgehead atoms. The highest BCUT2D eigenvalue weighted by atomic mass is 16.5. The summed E-state index contributed by atoms with van der Waals surface area (Å²) in [7, 11) is 0. The van der Waals surface area contributed by atoms with Gasteiger partial charge in [0.15, 0.2) is 0 Å². The number of carbonyl (C=O) groups excluding carboxylic acids is 1. The van der Waals surface area contributed by atoms with Gasteiger partial charge in [-0.2, -0.15) is 0 Å². The van der Waals surface area contributed by atoms with Gasteiger partial charge in [-0.1, -0.05) is 13.8 Å². The van der Waals surface area contributed by atoms with Crippen molar-refractivity contribution in [2.45, 2.75) is 45.6 Å². The molecule has 1 heterocycles. The monoisotopic (exact) mass is 300 g/mol. The van der Waals surface area contributed by atoms with Gasteiger partial charge in [0, 0.05) is 19.6 Å². The maximum Gasteiger partial charge on any atom is 0.305 e. The Morgan fingerprint density at radius 2 is 2.00 bits per heavy atom. The Kier molecular flexibility index (Phi) is 8.30. The van der Waals surface area contributed by atoms with Crippen molar-refractivity contribution in [3.8, 4) is 0 Å². The van der Waals surface area contributed by atoms with Crippen LogP contribution in [0.5, 0.6) is 0 Å². The molecule has 0 aromatic rings. The molecular weight excluding hydrogens is 272 g/mol. The predicted molar refractivity (Wildman–Crippen MR) is 80.1 cm³/mol. The van der Waals surface area contributed by atoms with Crippen molar-refractivity contribution in [3.05, 3.63) is 0 Å². The first-order valence-electron chi connectivity index (χ1n) is 7.80. The van der Waals surface area contributed by atoms with Crippen LogP contribution in [0.1, 0.15) is 39.5 Å². The van der Waals surface area contributed by atoms with E-state index in [4.69, 9.17) is 9.84 Å². The van der Waals surface area contributed by atoms with Crippen LogP contribution in [0.25, 0.3) is 0 Å². The molecule has 1 aliphatic rings. The SMILES string of the molecule is CC(C)CCNC(=O)CN1CCC(OCCC(=O)O)CC1. The van der Waals surface area contributed by atoms with E-state index in [2.05, 4.69) is 24.1 Å². The Morgan fingerprint density at radius 1 is 1.33 bits per heavy atom. The number of rotatable bonds is 9. The maximum absolute atomic E-state index is 11.8. The minimum absolute atomic E-state index is 0.0540. The average Bonchev–Trinajstić information content (AvgIpc) is 2.40. The van der Waals surface area contributed by atoms with E-state index >= 15 is 0 Å². The number of hydrogen-bond acceptors (Lipinski definition) is 4. The van der Waals surface area contributed by atoms with Crippen LogP contribution in [0.15, 0.2) is 0 Å². The van der Waals surface area contributed by atoms with Gasteiger partial charge >= 0.3 is 5.97 Å². The third-order valence-corrected chi connectivity index (χ3v) is 3.62. The molecule has 21 heavy (non-hydrogen) atoms. The predicted octanol–water partition coefficient (Wildman–Crippen LogP) is 1.10. The summed E-state index contributed by atoms with van der Waals surface area (Å²) in [6.45, 7) is 7.40. The first-order valence-corrected chi connectivity index (χ1v) is 7.80. The lowest BCUT2D eigenvalue weighted by atomic mass is 10.1. The molecule has 0 unspecified atom stereocenters. The minimum atomic E-state index is -0.828. The van der Waals surface area contributed by atoms with E-state index in [0.29, 0.717) is 12.5 Å². The number of carboxylic acid groups (broad SMARTS) is 1. The summed E-state index contributed by atoms with van der Waals surface area (Å²) < 4.78 is 5.53. The molecule has 1 aliphatic heterocycles. The second kappa shape index (κ2) is 9.73. The van der Waals surface area contributed by atoms with E-state index in [1.165, 1.54) is 0 Å². The van der Waals surface area contributed by atoms with E-state index in [0.717, 1.165) is 38.9 Å². The smallest absolute Gasteiger partial charge is 0.305 e. The normalized spacial score (nSPS) is 17.1. The van der Waals surface area contributed by atoms with Crippen LogP contribution in [0, 0.1) is 5.92 Å². The zero-order chi connectivity index (χ0) is 15.7. The molecule has 0 aromatic carbocycles. The first-order chi connectivity index (χ1) is 9.97. The molecule has 0 spiro atoms. The molecule has 6 heteroatoms. The number of carboxylic acids is 1. The van der Waals surface area contributed by atoms with Gasteiger partial charge in [-0.25, -0.2) is 0 Å². The van der Waals surface area contributed by atoms with Gasteiger partial charge in [-0.3, -0.25) is 14.5 Å². The molecule has 0 saturated carbocycles. The third kappa shape index (κ3) is 8.67. The Bertz CT molecular complexity index is 326. The standard InChI is InChI=1S/C15H28N2O4/c1-12(2)3-7-16-14(18)11-17-8-4-13(5-9-17)21-10-6-15(19)20/h12-13H,3-11H2,1-2H3,(H,16,18)(H,19,20). The summed E-state index contributed by atoms with van der Waals surface area (Å²) in [5, 5.41) is 11.5. The summed E-state index contributed by atoms with van der Waals surface area (Å²) >= 11 is 0. The van der Waals surface area contributed by atoms with Crippen LogP contribution >= 0.6 is 0 Å². The van der Waals surface area contributed by atoms with Crippen molar-refractivity contribution in [1.82, 2.24) is 10.2 Å². The largest absolute Gasteiger partial charge is 0.481 e. The molecule has 6 nitrogen and oxygen atoms in total. The number of hydrogen-bond donors (Lipinski definition) is 2. The molecule has 1 fully saturated rings. The summed E-state index contributed by atoms with van der Waals surface area (Å²) in [4.78, 5) is 24.3. The number of nitrogens with zero attached hydrogens (tertiary/aromatic N) is 1. The maximum atomic E-state index is 11.8. The van der Waals surface area contributed by atoms with Gasteiger partial charge < -0.3 is 15.2 Å². The number of likely N-dealkylation sites (tertiary alicyclic amines) is 1. The number of piperidine rings is 1. The molecule has 0 atom stereocenters. The van der Waals surface area contributed by atoms with Crippen LogP contribution in [0.4, 0.5) is 0 Å². The number of ether oxygens (including phenoxy) is 1. The molecule has 0 aromatic heterocycles. The van der Waals surface area contributed by atoms with Crippen molar-refractivity contribution in [3.63, 3.8) is 0 Å². The van der Waals surface area contributed by atoms with Crippen molar-refractivity contribution < 1.29 is 19.4 Å². The third-order valence-electron chi connectivity index (χ3n) is 3.62. The van der Waals surface area contributed by atoms with Crippen LogP contribution in [0.3, 0.4) is 0 Å². The zero-order valence-electron chi connectivity index (χ0n) is 13.1. The number of carbonyl (C=O) groups is 2. The lowest BCUT2D eigenvalue weighted by Gasteiger charge is -2.31. The van der Waals surface area contributed by atoms with Gasteiger partial charge in [-0.05, 0) is 25.2 Å². The van der Waals surface area contributed by atoms with E-state index in [1.807, 2.05) is 0 Å². The Morgan fingerprint density at radius 3 is 2.57 bits per heavy atom. The number of amides is 1. The van der Waals surface area contributed by atoms with Crippen molar-refractivity contribution in [1.29, 1.82) is 0 Å². The fourth-order valence-electron chi connectivity index (χ4n) is 2.31. The Balaban J connectivity index is 2.09. The zero-order valence-corrected chi connectivity index (χ0v) is 13.1. The Hall–Kier alpha value is -1.14. The van der Waals surface area contributed by atoms with Crippen molar-refractivity contribution in [2.24, 2.45) is 5.92 Å². The molecule has 122 valence electrons. The highest BCUT2D eigenvalue weighted by Gasteiger charge is 2.21. The van der Waals surface area contributed by atoms with Crippen molar-refractivity contribution in [2.75, 3.05) is 32.8 Å². The van der Waals surface area contributed by atoms with E-state index in [-0.39, 0.29) is 25.0 Å². The second-order valence-electron chi connectivity index (χ2n) is 6.02. The van der Waals surface area contributed by atoms with E-state index in [1.54, 1.807) is 0 Å². The molecule has 1 rings (SSSR count). The average molecular weight is 300 g/mol. The van der Waals surface area contributed by atoms with Crippen LogP contribution in [-0.2, 0) is 14.3 Å². The summed E-state index contributed by atoms with van der Waals surface area (Å²) in [6.07, 6.45) is 2.91. The van der Waals surface area contributed by atoms with E-state index < -0.39 is 5.97 Å². The lowest BCUT2D eigenvalue weighted by molar-refractivity contribution is -0.139. The lowest BCUT2D eigenvalue weighted by Crippen LogP contribution is -2.43. The summed E-state index contributed by atoms with van der Waals surface area (Å²) in [6, 6.07) is 0. The quantitative estimate of drug-likeness (QED) is 0.667. The summed E-state index contributed by atoms with van der Waals surface area (Å²) in [5.41, 5.74) is 0. The minimum Gasteiger partial charge on any atom is -0.481 e. The number of aliphatic carboxylic acids is 1. The van der Waals surface area contributed by atoms with Gasteiger partial charge in [-0.15, -0.1) is 0 Å². The fourth-order valence-corrected chi connectivity index (χ4v) is 2.31. The first kappa shape index (κ1) is 17.9. The van der Waals surface area contributed by atoms with E-state index in [9.17, 15) is 9.59 Å². The van der Waals surface area contributed by atoms with Gasteiger partial charge in [0.1, 0.15) is 0 Å². The molecule has 0 aliphatic carbocycles. The Labute approximate surface area is 126 Å². The van der Waals surface area contributed by atoms with Gasteiger partial charge in [0.2, 0.25) is 5.91 Å². The molecule has 2 N–H and O–H groups in total. The highest BCUT2D eigenvalue weighted by Crippen LogP contribution is 2.13. The molecule has 1 amide bonds. The highest BCUT2D eigenvalue weighted by molar-refractivity contribution is 5.77.